The minimum absolute atomic E-state index is 0.157. The molecule has 18 heavy (non-hydrogen) atoms. The van der Waals surface area contributed by atoms with Gasteiger partial charge in [-0.1, -0.05) is 0 Å². The lowest BCUT2D eigenvalue weighted by Gasteiger charge is -2.24. The molecule has 0 radical (unpaired) electrons. The summed E-state index contributed by atoms with van der Waals surface area (Å²) in [7, 11) is 0. The van der Waals surface area contributed by atoms with Crippen molar-refractivity contribution in [3.8, 4) is 0 Å². The quantitative estimate of drug-likeness (QED) is 0.851. The van der Waals surface area contributed by atoms with E-state index in [1.54, 1.807) is 17.2 Å². The van der Waals surface area contributed by atoms with Gasteiger partial charge in [-0.05, 0) is 26.0 Å². The maximum atomic E-state index is 12.1. The molecule has 1 aromatic heterocycles. The van der Waals surface area contributed by atoms with Gasteiger partial charge in [-0.15, -0.1) is 0 Å². The van der Waals surface area contributed by atoms with Crippen molar-refractivity contribution in [3.63, 3.8) is 0 Å². The van der Waals surface area contributed by atoms with Crippen molar-refractivity contribution in [2.24, 2.45) is 0 Å². The molecule has 1 fully saturated rings. The molecule has 5 heteroatoms. The highest BCUT2D eigenvalue weighted by Gasteiger charge is 2.23. The number of nitrogens with two attached hydrogens (primary N) is 1. The van der Waals surface area contributed by atoms with Crippen LogP contribution in [0, 0.1) is 0 Å². The molecular formula is C13H20N4O. The summed E-state index contributed by atoms with van der Waals surface area (Å²) >= 11 is 0. The first-order valence-electron chi connectivity index (χ1n) is 6.34. The monoisotopic (exact) mass is 248 g/mol. The number of hydrogen-bond acceptors (Lipinski definition) is 4. The minimum Gasteiger partial charge on any atom is -0.384 e. The zero-order chi connectivity index (χ0) is 13.1. The third kappa shape index (κ3) is 2.79. The molecule has 0 saturated carbocycles. The minimum atomic E-state index is 0.157. The fraction of sp³-hybridized carbons (Fsp3) is 0.538. The molecule has 1 aliphatic heterocycles. The average molecular weight is 248 g/mol. The molecular weight excluding hydrogens is 228 g/mol. The van der Waals surface area contributed by atoms with Crippen molar-refractivity contribution in [2.45, 2.75) is 26.3 Å². The Morgan fingerprint density at radius 2 is 2.06 bits per heavy atom. The maximum absolute atomic E-state index is 12.1. The van der Waals surface area contributed by atoms with E-state index in [0.717, 1.165) is 18.8 Å². The molecule has 98 valence electrons. The Bertz CT molecular complexity index is 416. The highest BCUT2D eigenvalue weighted by Crippen LogP contribution is 2.18. The summed E-state index contributed by atoms with van der Waals surface area (Å²) in [6.45, 7) is 6.75. The second kappa shape index (κ2) is 5.35. The van der Waals surface area contributed by atoms with Gasteiger partial charge in [0, 0.05) is 32.1 Å². The van der Waals surface area contributed by atoms with E-state index in [0.29, 0.717) is 24.8 Å². The van der Waals surface area contributed by atoms with E-state index >= 15 is 0 Å². The third-order valence-electron chi connectivity index (χ3n) is 3.34. The molecule has 0 bridgehead atoms. The van der Waals surface area contributed by atoms with E-state index in [2.05, 4.69) is 23.7 Å². The van der Waals surface area contributed by atoms with Crippen LogP contribution in [0.1, 0.15) is 20.3 Å². The summed E-state index contributed by atoms with van der Waals surface area (Å²) in [5, 5.41) is 0. The van der Waals surface area contributed by atoms with Gasteiger partial charge in [0.15, 0.2) is 0 Å². The fourth-order valence-corrected chi connectivity index (χ4v) is 2.19. The fourth-order valence-electron chi connectivity index (χ4n) is 2.19. The zero-order valence-electron chi connectivity index (χ0n) is 11.0. The first kappa shape index (κ1) is 12.8. The van der Waals surface area contributed by atoms with Crippen molar-refractivity contribution in [1.29, 1.82) is 0 Å². The van der Waals surface area contributed by atoms with Crippen molar-refractivity contribution in [2.75, 3.05) is 30.3 Å². The van der Waals surface area contributed by atoms with Crippen LogP contribution in [0.5, 0.6) is 0 Å². The Hall–Kier alpha value is -1.62. The standard InChI is InChI=1S/C13H20N4O/c1-10(2)16-6-5-13(18)17(8-7-16)11-3-4-12(14)15-9-11/h3-4,9-10H,5-8H2,1-2H3,(H2,14,15). The second-order valence-corrected chi connectivity index (χ2v) is 4.87. The van der Waals surface area contributed by atoms with Gasteiger partial charge in [0.1, 0.15) is 5.82 Å². The first-order chi connectivity index (χ1) is 8.58. The number of carbonyl (C=O) groups is 1. The van der Waals surface area contributed by atoms with Crippen molar-refractivity contribution in [3.05, 3.63) is 18.3 Å². The van der Waals surface area contributed by atoms with Gasteiger partial charge >= 0.3 is 0 Å². The molecule has 0 aliphatic carbocycles. The Kier molecular flexibility index (Phi) is 3.81. The van der Waals surface area contributed by atoms with Crippen LogP contribution >= 0.6 is 0 Å². The van der Waals surface area contributed by atoms with Gasteiger partial charge in [-0.2, -0.15) is 0 Å². The van der Waals surface area contributed by atoms with E-state index in [-0.39, 0.29) is 5.91 Å². The molecule has 2 rings (SSSR count). The number of aromatic nitrogens is 1. The Balaban J connectivity index is 2.13. The lowest BCUT2D eigenvalue weighted by Crippen LogP contribution is -2.35. The first-order valence-corrected chi connectivity index (χ1v) is 6.34. The lowest BCUT2D eigenvalue weighted by molar-refractivity contribution is -0.118. The van der Waals surface area contributed by atoms with Gasteiger partial charge in [0.25, 0.3) is 0 Å². The van der Waals surface area contributed by atoms with Crippen LogP contribution in [0.25, 0.3) is 0 Å². The van der Waals surface area contributed by atoms with Crippen LogP contribution in [0.3, 0.4) is 0 Å². The lowest BCUT2D eigenvalue weighted by atomic mass is 10.3. The smallest absolute Gasteiger partial charge is 0.228 e. The number of nitrogens with zero attached hydrogens (tertiary/aromatic N) is 3. The highest BCUT2D eigenvalue weighted by molar-refractivity contribution is 5.93. The summed E-state index contributed by atoms with van der Waals surface area (Å²) in [5.74, 6) is 0.634. The van der Waals surface area contributed by atoms with E-state index in [1.807, 2.05) is 6.07 Å². The molecule has 1 saturated heterocycles. The summed E-state index contributed by atoms with van der Waals surface area (Å²) < 4.78 is 0. The molecule has 1 amide bonds. The largest absolute Gasteiger partial charge is 0.384 e. The Morgan fingerprint density at radius 3 is 2.67 bits per heavy atom. The van der Waals surface area contributed by atoms with Gasteiger partial charge in [0.2, 0.25) is 5.91 Å². The number of pyridine rings is 1. The van der Waals surface area contributed by atoms with E-state index in [4.69, 9.17) is 5.73 Å². The van der Waals surface area contributed by atoms with Crippen LogP contribution in [-0.2, 0) is 4.79 Å². The molecule has 1 aliphatic rings. The van der Waals surface area contributed by atoms with Crippen molar-refractivity contribution >= 4 is 17.4 Å². The SMILES string of the molecule is CC(C)N1CCC(=O)N(c2ccc(N)nc2)CC1. The van der Waals surface area contributed by atoms with Gasteiger partial charge in [0.05, 0.1) is 11.9 Å². The summed E-state index contributed by atoms with van der Waals surface area (Å²) in [6.07, 6.45) is 2.22. The zero-order valence-corrected chi connectivity index (χ0v) is 11.0. The van der Waals surface area contributed by atoms with Gasteiger partial charge in [-0.3, -0.25) is 9.69 Å². The van der Waals surface area contributed by atoms with Crippen molar-refractivity contribution < 1.29 is 4.79 Å². The van der Waals surface area contributed by atoms with Crippen LogP contribution in [-0.4, -0.2) is 41.5 Å². The maximum Gasteiger partial charge on any atom is 0.228 e. The predicted octanol–water partition coefficient (Wildman–Crippen LogP) is 1.11. The Labute approximate surface area is 108 Å². The molecule has 0 spiro atoms. The van der Waals surface area contributed by atoms with Gasteiger partial charge < -0.3 is 10.6 Å². The number of hydrogen-bond donors (Lipinski definition) is 1. The number of amides is 1. The summed E-state index contributed by atoms with van der Waals surface area (Å²) in [4.78, 5) is 20.3. The molecule has 2 heterocycles. The molecule has 0 atom stereocenters. The van der Waals surface area contributed by atoms with Crippen LogP contribution in [0.2, 0.25) is 0 Å². The topological polar surface area (TPSA) is 62.5 Å². The number of anilines is 2. The number of nitrogen functional groups attached to an aromatic ring is 1. The van der Waals surface area contributed by atoms with Crippen LogP contribution in [0.15, 0.2) is 18.3 Å². The van der Waals surface area contributed by atoms with E-state index in [9.17, 15) is 4.79 Å². The van der Waals surface area contributed by atoms with Crippen LogP contribution < -0.4 is 10.6 Å². The number of carbonyl (C=O) groups excluding carboxylic acids is 1. The van der Waals surface area contributed by atoms with E-state index < -0.39 is 0 Å². The normalized spacial score (nSPS) is 18.2. The molecule has 0 unspecified atom stereocenters. The highest BCUT2D eigenvalue weighted by atomic mass is 16.2. The molecule has 1 aromatic rings. The predicted molar refractivity (Wildman–Crippen MR) is 72.3 cm³/mol. The third-order valence-corrected chi connectivity index (χ3v) is 3.34. The molecule has 2 N–H and O–H groups in total. The van der Waals surface area contributed by atoms with Crippen LogP contribution in [0.4, 0.5) is 11.5 Å². The second-order valence-electron chi connectivity index (χ2n) is 4.87. The molecule has 0 aromatic carbocycles. The average Bonchev–Trinajstić information content (AvgIpc) is 2.53. The Morgan fingerprint density at radius 1 is 1.28 bits per heavy atom. The van der Waals surface area contributed by atoms with Gasteiger partial charge in [-0.25, -0.2) is 4.98 Å². The van der Waals surface area contributed by atoms with E-state index in [1.165, 1.54) is 0 Å². The molecule has 5 nitrogen and oxygen atoms in total. The van der Waals surface area contributed by atoms with Crippen molar-refractivity contribution in [1.82, 2.24) is 9.88 Å². The number of rotatable bonds is 2. The summed E-state index contributed by atoms with van der Waals surface area (Å²) in [5.41, 5.74) is 6.39. The summed E-state index contributed by atoms with van der Waals surface area (Å²) in [6, 6.07) is 4.06.